The first-order chi connectivity index (χ1) is 9.61. The average Bonchev–Trinajstić information content (AvgIpc) is 2.34. The summed E-state index contributed by atoms with van der Waals surface area (Å²) >= 11 is 0. The molecule has 0 aliphatic carbocycles. The molecule has 1 aliphatic rings. The predicted molar refractivity (Wildman–Crippen MR) is 86.1 cm³/mol. The number of likely N-dealkylation sites (tertiary alicyclic amines) is 1. The number of halogens is 1. The first kappa shape index (κ1) is 18.4. The van der Waals surface area contributed by atoms with Crippen LogP contribution >= 0.6 is 0 Å². The minimum Gasteiger partial charge on any atom is -0.343 e. The van der Waals surface area contributed by atoms with Gasteiger partial charge in [-0.3, -0.25) is 9.69 Å². The van der Waals surface area contributed by atoms with E-state index in [9.17, 15) is 9.18 Å². The first-order valence-corrected chi connectivity index (χ1v) is 8.32. The Morgan fingerprint density at radius 3 is 2.33 bits per heavy atom. The highest BCUT2D eigenvalue weighted by Crippen LogP contribution is 2.23. The smallest absolute Gasteiger partial charge is 0.223 e. The Morgan fingerprint density at radius 1 is 1.33 bits per heavy atom. The number of hydrogen-bond acceptors (Lipinski definition) is 2. The van der Waals surface area contributed by atoms with Crippen LogP contribution in [0.2, 0.25) is 0 Å². The van der Waals surface area contributed by atoms with Gasteiger partial charge in [-0.25, -0.2) is 4.39 Å². The lowest BCUT2D eigenvalue weighted by Crippen LogP contribution is -2.46. The topological polar surface area (TPSA) is 23.6 Å². The minimum atomic E-state index is -1.23. The van der Waals surface area contributed by atoms with Crippen molar-refractivity contribution in [3.05, 3.63) is 0 Å². The van der Waals surface area contributed by atoms with Gasteiger partial charge in [0.25, 0.3) is 0 Å². The molecule has 4 heteroatoms. The fourth-order valence-corrected chi connectivity index (χ4v) is 3.40. The van der Waals surface area contributed by atoms with E-state index in [-0.39, 0.29) is 11.9 Å². The Hall–Kier alpha value is -0.640. The van der Waals surface area contributed by atoms with Crippen LogP contribution in [0.25, 0.3) is 0 Å². The van der Waals surface area contributed by atoms with Crippen LogP contribution in [-0.2, 0) is 4.79 Å². The standard InChI is InChI=1S/C17H33FN2O/c1-13-8-7-9-14(2)20(13)11-10-16(21)19(6)15(3)12-17(4,5)18/h13-15H,7-12H2,1-6H3. The number of amides is 1. The van der Waals surface area contributed by atoms with Crippen LogP contribution in [0.1, 0.15) is 66.7 Å². The number of nitrogens with zero attached hydrogens (tertiary/aromatic N) is 2. The van der Waals surface area contributed by atoms with Crippen LogP contribution < -0.4 is 0 Å². The van der Waals surface area contributed by atoms with E-state index < -0.39 is 5.67 Å². The van der Waals surface area contributed by atoms with Gasteiger partial charge in [0, 0.05) is 44.6 Å². The van der Waals surface area contributed by atoms with E-state index in [4.69, 9.17) is 0 Å². The van der Waals surface area contributed by atoms with Crippen molar-refractivity contribution in [2.75, 3.05) is 13.6 Å². The minimum absolute atomic E-state index is 0.0614. The molecular formula is C17H33FN2O. The normalized spacial score (nSPS) is 25.7. The van der Waals surface area contributed by atoms with Crippen LogP contribution in [0.3, 0.4) is 0 Å². The molecule has 0 N–H and O–H groups in total. The van der Waals surface area contributed by atoms with E-state index in [1.807, 2.05) is 6.92 Å². The monoisotopic (exact) mass is 300 g/mol. The van der Waals surface area contributed by atoms with Gasteiger partial charge in [0.2, 0.25) is 5.91 Å². The Balaban J connectivity index is 2.45. The summed E-state index contributed by atoms with van der Waals surface area (Å²) in [6, 6.07) is 1.07. The van der Waals surface area contributed by atoms with E-state index in [2.05, 4.69) is 18.7 Å². The van der Waals surface area contributed by atoms with Gasteiger partial charge in [0.1, 0.15) is 5.67 Å². The second kappa shape index (κ2) is 7.57. The molecule has 0 radical (unpaired) electrons. The molecule has 1 aliphatic heterocycles. The van der Waals surface area contributed by atoms with Gasteiger partial charge in [-0.1, -0.05) is 6.42 Å². The number of piperidine rings is 1. The molecule has 0 saturated carbocycles. The summed E-state index contributed by atoms with van der Waals surface area (Å²) < 4.78 is 13.7. The van der Waals surface area contributed by atoms with E-state index in [0.717, 1.165) is 6.54 Å². The third-order valence-electron chi connectivity index (χ3n) is 4.80. The zero-order valence-corrected chi connectivity index (χ0v) is 14.7. The summed E-state index contributed by atoms with van der Waals surface area (Å²) in [6.45, 7) is 10.4. The maximum absolute atomic E-state index is 13.7. The van der Waals surface area contributed by atoms with E-state index in [1.54, 1.807) is 25.8 Å². The van der Waals surface area contributed by atoms with Gasteiger partial charge >= 0.3 is 0 Å². The summed E-state index contributed by atoms with van der Waals surface area (Å²) in [6.07, 6.45) is 4.64. The Kier molecular flexibility index (Phi) is 6.64. The largest absolute Gasteiger partial charge is 0.343 e. The van der Waals surface area contributed by atoms with Gasteiger partial charge in [-0.15, -0.1) is 0 Å². The van der Waals surface area contributed by atoms with Crippen molar-refractivity contribution in [2.45, 2.75) is 90.5 Å². The number of rotatable bonds is 6. The third kappa shape index (κ3) is 5.93. The molecule has 3 unspecified atom stereocenters. The lowest BCUT2D eigenvalue weighted by molar-refractivity contribution is -0.132. The fraction of sp³-hybridized carbons (Fsp3) is 0.941. The molecule has 0 spiro atoms. The lowest BCUT2D eigenvalue weighted by Gasteiger charge is -2.39. The number of hydrogen-bond donors (Lipinski definition) is 0. The number of carbonyl (C=O) groups excluding carboxylic acids is 1. The molecule has 124 valence electrons. The van der Waals surface area contributed by atoms with Crippen molar-refractivity contribution in [3.8, 4) is 0 Å². The summed E-state index contributed by atoms with van der Waals surface area (Å²) in [5.41, 5.74) is -1.23. The van der Waals surface area contributed by atoms with Crippen LogP contribution in [0.4, 0.5) is 4.39 Å². The van der Waals surface area contributed by atoms with Gasteiger partial charge in [-0.2, -0.15) is 0 Å². The highest BCUT2D eigenvalue weighted by Gasteiger charge is 2.27. The number of alkyl halides is 1. The number of carbonyl (C=O) groups is 1. The molecule has 0 aromatic carbocycles. The van der Waals surface area contributed by atoms with Crippen molar-refractivity contribution in [1.82, 2.24) is 9.80 Å². The van der Waals surface area contributed by atoms with Gasteiger partial charge in [0.15, 0.2) is 0 Å². The molecule has 1 amide bonds. The molecule has 0 aromatic rings. The van der Waals surface area contributed by atoms with Gasteiger partial charge in [0.05, 0.1) is 0 Å². The molecular weight excluding hydrogens is 267 g/mol. The Morgan fingerprint density at radius 2 is 1.86 bits per heavy atom. The molecule has 0 bridgehead atoms. The van der Waals surface area contributed by atoms with E-state index in [0.29, 0.717) is 24.9 Å². The Bertz CT molecular complexity index is 330. The molecule has 3 nitrogen and oxygen atoms in total. The zero-order chi connectivity index (χ0) is 16.2. The average molecular weight is 300 g/mol. The Labute approximate surface area is 129 Å². The van der Waals surface area contributed by atoms with Crippen LogP contribution in [0.5, 0.6) is 0 Å². The van der Waals surface area contributed by atoms with Crippen molar-refractivity contribution >= 4 is 5.91 Å². The van der Waals surface area contributed by atoms with Crippen molar-refractivity contribution in [1.29, 1.82) is 0 Å². The third-order valence-corrected chi connectivity index (χ3v) is 4.80. The van der Waals surface area contributed by atoms with Crippen molar-refractivity contribution < 1.29 is 9.18 Å². The van der Waals surface area contributed by atoms with E-state index >= 15 is 0 Å². The summed E-state index contributed by atoms with van der Waals surface area (Å²) in [5, 5.41) is 0. The van der Waals surface area contributed by atoms with Gasteiger partial charge < -0.3 is 4.90 Å². The van der Waals surface area contributed by atoms with Crippen LogP contribution in [0.15, 0.2) is 0 Å². The lowest BCUT2D eigenvalue weighted by atomic mass is 9.97. The van der Waals surface area contributed by atoms with E-state index in [1.165, 1.54) is 19.3 Å². The van der Waals surface area contributed by atoms with Crippen LogP contribution in [-0.4, -0.2) is 53.1 Å². The van der Waals surface area contributed by atoms with Crippen molar-refractivity contribution in [3.63, 3.8) is 0 Å². The van der Waals surface area contributed by atoms with Crippen molar-refractivity contribution in [2.24, 2.45) is 0 Å². The molecule has 1 saturated heterocycles. The fourth-order valence-electron chi connectivity index (χ4n) is 3.40. The highest BCUT2D eigenvalue weighted by atomic mass is 19.1. The highest BCUT2D eigenvalue weighted by molar-refractivity contribution is 5.76. The zero-order valence-electron chi connectivity index (χ0n) is 14.7. The summed E-state index contributed by atoms with van der Waals surface area (Å²) in [4.78, 5) is 16.5. The molecule has 3 atom stereocenters. The van der Waals surface area contributed by atoms with Gasteiger partial charge in [-0.05, 0) is 47.5 Å². The molecule has 0 aromatic heterocycles. The predicted octanol–water partition coefficient (Wildman–Crippen LogP) is 3.62. The summed E-state index contributed by atoms with van der Waals surface area (Å²) in [5.74, 6) is 0.122. The quantitative estimate of drug-likeness (QED) is 0.748. The molecule has 1 fully saturated rings. The maximum Gasteiger partial charge on any atom is 0.223 e. The molecule has 21 heavy (non-hydrogen) atoms. The second-order valence-corrected chi connectivity index (χ2v) is 7.39. The summed E-state index contributed by atoms with van der Waals surface area (Å²) in [7, 11) is 1.79. The van der Waals surface area contributed by atoms with Crippen LogP contribution in [0, 0.1) is 0 Å². The maximum atomic E-state index is 13.7. The first-order valence-electron chi connectivity index (χ1n) is 8.32. The molecule has 1 heterocycles. The molecule has 1 rings (SSSR count). The second-order valence-electron chi connectivity index (χ2n) is 7.39. The SMILES string of the molecule is CC(CC(C)(C)F)N(C)C(=O)CCN1C(C)CCCC1C.